The molecule has 0 rings (SSSR count). The molecule has 0 radical (unpaired) electrons. The molecule has 0 aromatic carbocycles. The Bertz CT molecular complexity index is 210. The van der Waals surface area contributed by atoms with Crippen molar-refractivity contribution in [2.24, 2.45) is 0 Å². The summed E-state index contributed by atoms with van der Waals surface area (Å²) in [6, 6.07) is 0. The van der Waals surface area contributed by atoms with Crippen LogP contribution in [0.2, 0.25) is 0 Å². The molecular formula is C14H27Cl2NO. The van der Waals surface area contributed by atoms with Crippen molar-refractivity contribution in [2.45, 2.75) is 70.8 Å². The second kappa shape index (κ2) is 10.9. The highest BCUT2D eigenvalue weighted by atomic mass is 35.5. The Morgan fingerprint density at radius 2 is 1.56 bits per heavy atom. The van der Waals surface area contributed by atoms with Gasteiger partial charge in [-0.15, -0.1) is 23.2 Å². The highest BCUT2D eigenvalue weighted by Crippen LogP contribution is 2.15. The molecule has 0 aromatic heterocycles. The lowest BCUT2D eigenvalue weighted by Crippen LogP contribution is -2.51. The van der Waals surface area contributed by atoms with Crippen LogP contribution in [-0.2, 0) is 4.79 Å². The molecule has 0 unspecified atom stereocenters. The van der Waals surface area contributed by atoms with Crippen LogP contribution in [0.5, 0.6) is 0 Å². The molecule has 18 heavy (non-hydrogen) atoms. The van der Waals surface area contributed by atoms with Crippen molar-refractivity contribution in [1.29, 1.82) is 0 Å². The van der Waals surface area contributed by atoms with Gasteiger partial charge in [-0.2, -0.15) is 0 Å². The number of hydrogen-bond donors (Lipinski definition) is 1. The third kappa shape index (κ3) is 7.48. The van der Waals surface area contributed by atoms with E-state index in [-0.39, 0.29) is 5.91 Å². The fourth-order valence-corrected chi connectivity index (χ4v) is 2.60. The van der Waals surface area contributed by atoms with Gasteiger partial charge in [-0.3, -0.25) is 4.79 Å². The zero-order chi connectivity index (χ0) is 13.9. The number of alkyl halides is 2. The zero-order valence-electron chi connectivity index (χ0n) is 11.7. The minimum atomic E-state index is -0.428. The second-order valence-electron chi connectivity index (χ2n) is 4.97. The summed E-state index contributed by atoms with van der Waals surface area (Å²) in [6.07, 6.45) is 8.50. The number of rotatable bonds is 11. The predicted molar refractivity (Wildman–Crippen MR) is 80.6 cm³/mol. The monoisotopic (exact) mass is 295 g/mol. The first-order valence-electron chi connectivity index (χ1n) is 7.07. The molecule has 1 amide bonds. The fourth-order valence-electron chi connectivity index (χ4n) is 1.80. The van der Waals surface area contributed by atoms with Gasteiger partial charge in [0.2, 0.25) is 5.91 Å². The topological polar surface area (TPSA) is 29.1 Å². The minimum absolute atomic E-state index is 0.0774. The molecule has 0 saturated carbocycles. The van der Waals surface area contributed by atoms with Crippen LogP contribution in [0, 0.1) is 0 Å². The average molecular weight is 296 g/mol. The summed E-state index contributed by atoms with van der Waals surface area (Å²) >= 11 is 11.8. The van der Waals surface area contributed by atoms with Gasteiger partial charge in [-0.1, -0.05) is 46.0 Å². The van der Waals surface area contributed by atoms with Crippen molar-refractivity contribution < 1.29 is 4.79 Å². The Morgan fingerprint density at radius 1 is 1.00 bits per heavy atom. The van der Waals surface area contributed by atoms with Crippen molar-refractivity contribution in [3.63, 3.8) is 0 Å². The van der Waals surface area contributed by atoms with Gasteiger partial charge in [-0.05, 0) is 12.8 Å². The van der Waals surface area contributed by atoms with E-state index >= 15 is 0 Å². The smallest absolute Gasteiger partial charge is 0.220 e. The summed E-state index contributed by atoms with van der Waals surface area (Å²) < 4.78 is 0. The molecule has 2 nitrogen and oxygen atoms in total. The quantitative estimate of drug-likeness (QED) is 0.442. The summed E-state index contributed by atoms with van der Waals surface area (Å²) in [5.41, 5.74) is -0.428. The van der Waals surface area contributed by atoms with Crippen LogP contribution in [0.3, 0.4) is 0 Å². The molecule has 4 heteroatoms. The number of halogens is 2. The fraction of sp³-hybridized carbons (Fsp3) is 0.929. The van der Waals surface area contributed by atoms with Gasteiger partial charge in [0.1, 0.15) is 0 Å². The average Bonchev–Trinajstić information content (AvgIpc) is 2.40. The van der Waals surface area contributed by atoms with E-state index in [1.54, 1.807) is 0 Å². The van der Waals surface area contributed by atoms with Crippen molar-refractivity contribution in [1.82, 2.24) is 5.32 Å². The summed E-state index contributed by atoms with van der Waals surface area (Å²) in [5, 5.41) is 2.98. The second-order valence-corrected chi connectivity index (χ2v) is 5.50. The molecule has 108 valence electrons. The van der Waals surface area contributed by atoms with E-state index in [1.165, 1.54) is 25.7 Å². The Kier molecular flexibility index (Phi) is 11.0. The molecule has 0 bridgehead atoms. The van der Waals surface area contributed by atoms with E-state index in [0.717, 1.165) is 19.3 Å². The molecule has 0 aliphatic heterocycles. The third-order valence-electron chi connectivity index (χ3n) is 3.35. The van der Waals surface area contributed by atoms with E-state index in [4.69, 9.17) is 23.2 Å². The van der Waals surface area contributed by atoms with E-state index in [2.05, 4.69) is 12.2 Å². The molecule has 0 saturated heterocycles. The van der Waals surface area contributed by atoms with Crippen LogP contribution in [-0.4, -0.2) is 23.2 Å². The highest BCUT2D eigenvalue weighted by Gasteiger charge is 2.27. The normalized spacial score (nSPS) is 11.6. The third-order valence-corrected chi connectivity index (χ3v) is 4.37. The summed E-state index contributed by atoms with van der Waals surface area (Å²) in [7, 11) is 0. The number of unbranched alkanes of at least 4 members (excludes halogenated alkanes) is 5. The first-order valence-corrected chi connectivity index (χ1v) is 8.14. The number of amides is 1. The molecule has 0 aromatic rings. The van der Waals surface area contributed by atoms with Crippen LogP contribution in [0.1, 0.15) is 65.2 Å². The number of carbonyl (C=O) groups is 1. The van der Waals surface area contributed by atoms with Gasteiger partial charge in [0.25, 0.3) is 0 Å². The maximum Gasteiger partial charge on any atom is 0.220 e. The highest BCUT2D eigenvalue weighted by molar-refractivity contribution is 6.22. The number of nitrogens with one attached hydrogen (secondary N) is 1. The molecule has 0 aliphatic rings. The Hall–Kier alpha value is 0.0500. The Labute approximate surface area is 122 Å². The van der Waals surface area contributed by atoms with E-state index in [1.807, 2.05) is 6.92 Å². The van der Waals surface area contributed by atoms with Gasteiger partial charge >= 0.3 is 0 Å². The molecule has 0 spiro atoms. The van der Waals surface area contributed by atoms with E-state index < -0.39 is 5.54 Å². The van der Waals surface area contributed by atoms with Crippen molar-refractivity contribution in [3.05, 3.63) is 0 Å². The molecule has 0 heterocycles. The van der Waals surface area contributed by atoms with E-state index in [0.29, 0.717) is 18.2 Å². The van der Waals surface area contributed by atoms with Crippen molar-refractivity contribution >= 4 is 29.1 Å². The van der Waals surface area contributed by atoms with Gasteiger partial charge in [-0.25, -0.2) is 0 Å². The predicted octanol–water partition coefficient (Wildman–Crippen LogP) is 4.48. The summed E-state index contributed by atoms with van der Waals surface area (Å²) in [5.74, 6) is 0.818. The lowest BCUT2D eigenvalue weighted by molar-refractivity contribution is -0.122. The SMILES string of the molecule is CCCCCCCCC(=O)NC(CC)(CCl)CCl. The lowest BCUT2D eigenvalue weighted by atomic mass is 10.0. The number of carbonyl (C=O) groups excluding carboxylic acids is 1. The standard InChI is InChI=1S/C14H27Cl2NO/c1-3-5-6-7-8-9-10-13(18)17-14(4-2,11-15)12-16/h3-12H2,1-2H3,(H,17,18). The van der Waals surface area contributed by atoms with Crippen molar-refractivity contribution in [2.75, 3.05) is 11.8 Å². The molecular weight excluding hydrogens is 269 g/mol. The summed E-state index contributed by atoms with van der Waals surface area (Å²) in [6.45, 7) is 4.20. The Morgan fingerprint density at radius 3 is 2.06 bits per heavy atom. The van der Waals surface area contributed by atoms with Crippen LogP contribution in [0.4, 0.5) is 0 Å². The molecule has 0 atom stereocenters. The zero-order valence-corrected chi connectivity index (χ0v) is 13.2. The largest absolute Gasteiger partial charge is 0.348 e. The first-order chi connectivity index (χ1) is 8.64. The van der Waals surface area contributed by atoms with Crippen LogP contribution in [0.15, 0.2) is 0 Å². The Balaban J connectivity index is 3.76. The van der Waals surface area contributed by atoms with Gasteiger partial charge in [0, 0.05) is 18.2 Å². The molecule has 0 aliphatic carbocycles. The van der Waals surface area contributed by atoms with Crippen LogP contribution >= 0.6 is 23.2 Å². The van der Waals surface area contributed by atoms with E-state index in [9.17, 15) is 4.79 Å². The number of hydrogen-bond acceptors (Lipinski definition) is 1. The van der Waals surface area contributed by atoms with Crippen LogP contribution < -0.4 is 5.32 Å². The maximum absolute atomic E-state index is 11.8. The summed E-state index contributed by atoms with van der Waals surface area (Å²) in [4.78, 5) is 11.8. The van der Waals surface area contributed by atoms with Crippen molar-refractivity contribution in [3.8, 4) is 0 Å². The molecule has 0 fully saturated rings. The maximum atomic E-state index is 11.8. The van der Waals surface area contributed by atoms with Gasteiger partial charge < -0.3 is 5.32 Å². The minimum Gasteiger partial charge on any atom is -0.348 e. The lowest BCUT2D eigenvalue weighted by Gasteiger charge is -2.29. The first kappa shape index (κ1) is 18.0. The molecule has 1 N–H and O–H groups in total. The van der Waals surface area contributed by atoms with Gasteiger partial charge in [0.05, 0.1) is 5.54 Å². The van der Waals surface area contributed by atoms with Gasteiger partial charge in [0.15, 0.2) is 0 Å². The van der Waals surface area contributed by atoms with Crippen LogP contribution in [0.25, 0.3) is 0 Å².